The van der Waals surface area contributed by atoms with Gasteiger partial charge in [-0.2, -0.15) is 0 Å². The van der Waals surface area contributed by atoms with Gasteiger partial charge in [-0.25, -0.2) is 0 Å². The number of carboxylic acid groups (broad SMARTS) is 1. The maximum Gasteiger partial charge on any atom is 0.300 e. The van der Waals surface area contributed by atoms with Crippen molar-refractivity contribution in [3.05, 3.63) is 60.7 Å². The molecule has 0 aliphatic rings. The van der Waals surface area contributed by atoms with E-state index >= 15 is 0 Å². The Labute approximate surface area is 119 Å². The summed E-state index contributed by atoms with van der Waals surface area (Å²) in [7, 11) is 3.32. The summed E-state index contributed by atoms with van der Waals surface area (Å²) in [4.78, 5) is 9.00. The predicted molar refractivity (Wildman–Crippen MR) is 79.3 cm³/mol. The first-order chi connectivity index (χ1) is 9.60. The van der Waals surface area contributed by atoms with Crippen LogP contribution in [0.1, 0.15) is 6.92 Å². The monoisotopic (exact) mass is 276 g/mol. The van der Waals surface area contributed by atoms with E-state index in [-0.39, 0.29) is 0 Å². The largest absolute Gasteiger partial charge is 0.497 e. The van der Waals surface area contributed by atoms with E-state index in [2.05, 4.69) is 0 Å². The van der Waals surface area contributed by atoms with Gasteiger partial charge in [0.15, 0.2) is 0 Å². The van der Waals surface area contributed by atoms with Crippen molar-refractivity contribution < 1.29 is 19.4 Å². The molecule has 0 fully saturated rings. The van der Waals surface area contributed by atoms with Gasteiger partial charge in [0, 0.05) is 6.92 Å². The summed E-state index contributed by atoms with van der Waals surface area (Å²) in [5.41, 5.74) is 0. The third-order valence-corrected chi connectivity index (χ3v) is 1.96. The van der Waals surface area contributed by atoms with Crippen molar-refractivity contribution in [3.63, 3.8) is 0 Å². The molecule has 0 spiro atoms. The standard InChI is InChI=1S/2C7H8O.C2H4O2/c2*1-8-7-5-3-2-4-6-7;1-2(3)4/h2*2-6H,1H3;1H3,(H,3,4). The molecule has 0 saturated carbocycles. The van der Waals surface area contributed by atoms with Gasteiger partial charge in [-0.15, -0.1) is 0 Å². The molecule has 2 rings (SSSR count). The molecule has 2 aromatic rings. The molecule has 0 atom stereocenters. The van der Waals surface area contributed by atoms with Crippen LogP contribution in [-0.2, 0) is 4.79 Å². The van der Waals surface area contributed by atoms with Gasteiger partial charge in [0.1, 0.15) is 11.5 Å². The van der Waals surface area contributed by atoms with Crippen molar-refractivity contribution in [3.8, 4) is 11.5 Å². The second-order valence-corrected chi connectivity index (χ2v) is 3.55. The molecule has 0 heterocycles. The Morgan fingerprint density at radius 1 is 0.800 bits per heavy atom. The minimum Gasteiger partial charge on any atom is -0.497 e. The lowest BCUT2D eigenvalue weighted by Gasteiger charge is -1.93. The van der Waals surface area contributed by atoms with Crippen LogP contribution in [0, 0.1) is 0 Å². The van der Waals surface area contributed by atoms with Gasteiger partial charge in [-0.1, -0.05) is 36.4 Å². The minimum absolute atomic E-state index is 0.833. The van der Waals surface area contributed by atoms with Gasteiger partial charge in [0.25, 0.3) is 5.97 Å². The summed E-state index contributed by atoms with van der Waals surface area (Å²) in [5.74, 6) is 0.986. The third kappa shape index (κ3) is 10.7. The molecule has 20 heavy (non-hydrogen) atoms. The maximum atomic E-state index is 9.00. The van der Waals surface area contributed by atoms with Gasteiger partial charge < -0.3 is 14.6 Å². The topological polar surface area (TPSA) is 55.8 Å². The summed E-state index contributed by atoms with van der Waals surface area (Å²) in [6.45, 7) is 1.08. The number of methoxy groups -OCH3 is 2. The zero-order chi connectivity index (χ0) is 15.2. The SMILES string of the molecule is CC(=O)O.COc1ccccc1.COc1ccccc1. The number of carboxylic acids is 1. The van der Waals surface area contributed by atoms with E-state index in [1.165, 1.54) is 0 Å². The fourth-order valence-corrected chi connectivity index (χ4v) is 1.11. The summed E-state index contributed by atoms with van der Waals surface area (Å²) in [6, 6.07) is 19.4. The Hall–Kier alpha value is -2.49. The Morgan fingerprint density at radius 2 is 1.05 bits per heavy atom. The van der Waals surface area contributed by atoms with Crippen LogP contribution >= 0.6 is 0 Å². The van der Waals surface area contributed by atoms with Gasteiger partial charge in [-0.3, -0.25) is 4.79 Å². The number of rotatable bonds is 2. The average molecular weight is 276 g/mol. The Bertz CT molecular complexity index is 411. The highest BCUT2D eigenvalue weighted by Crippen LogP contribution is 2.06. The first-order valence-corrected chi connectivity index (χ1v) is 5.97. The lowest BCUT2D eigenvalue weighted by atomic mass is 10.3. The Balaban J connectivity index is 0.000000289. The number of aliphatic carboxylic acids is 1. The summed E-state index contributed by atoms with van der Waals surface area (Å²) < 4.78 is 9.83. The Kier molecular flexibility index (Phi) is 10.1. The molecule has 4 heteroatoms. The smallest absolute Gasteiger partial charge is 0.300 e. The lowest BCUT2D eigenvalue weighted by Crippen LogP contribution is -1.78. The summed E-state index contributed by atoms with van der Waals surface area (Å²) in [6.07, 6.45) is 0. The molecule has 0 radical (unpaired) electrons. The number of ether oxygens (including phenoxy) is 2. The highest BCUT2D eigenvalue weighted by molar-refractivity contribution is 5.62. The number of carbonyl (C=O) groups is 1. The van der Waals surface area contributed by atoms with Crippen LogP contribution in [0.2, 0.25) is 0 Å². The molecule has 108 valence electrons. The van der Waals surface area contributed by atoms with E-state index in [0.29, 0.717) is 0 Å². The molecule has 0 saturated heterocycles. The normalized spacial score (nSPS) is 8.15. The Morgan fingerprint density at radius 3 is 1.20 bits per heavy atom. The van der Waals surface area contributed by atoms with Gasteiger partial charge in [0.2, 0.25) is 0 Å². The van der Waals surface area contributed by atoms with E-state index in [4.69, 9.17) is 19.4 Å². The van der Waals surface area contributed by atoms with E-state index in [9.17, 15) is 0 Å². The molecule has 1 N–H and O–H groups in total. The second-order valence-electron chi connectivity index (χ2n) is 3.55. The van der Waals surface area contributed by atoms with Crippen molar-refractivity contribution in [2.45, 2.75) is 6.92 Å². The molecule has 0 unspecified atom stereocenters. The van der Waals surface area contributed by atoms with Gasteiger partial charge in [0.05, 0.1) is 14.2 Å². The molecule has 0 aliphatic heterocycles. The van der Waals surface area contributed by atoms with E-state index < -0.39 is 5.97 Å². The van der Waals surface area contributed by atoms with Crippen molar-refractivity contribution in [2.75, 3.05) is 14.2 Å². The molecule has 0 aromatic heterocycles. The number of hydrogen-bond acceptors (Lipinski definition) is 3. The number of hydrogen-bond donors (Lipinski definition) is 1. The zero-order valence-electron chi connectivity index (χ0n) is 11.9. The molecular weight excluding hydrogens is 256 g/mol. The summed E-state index contributed by atoms with van der Waals surface area (Å²) in [5, 5.41) is 7.42. The van der Waals surface area contributed by atoms with Crippen LogP contribution in [-0.4, -0.2) is 25.3 Å². The molecule has 0 bridgehead atoms. The second kappa shape index (κ2) is 11.6. The van der Waals surface area contributed by atoms with Crippen molar-refractivity contribution in [2.24, 2.45) is 0 Å². The highest BCUT2D eigenvalue weighted by Gasteiger charge is 1.80. The van der Waals surface area contributed by atoms with Crippen molar-refractivity contribution in [1.29, 1.82) is 0 Å². The zero-order valence-corrected chi connectivity index (χ0v) is 11.9. The molecule has 0 aliphatic carbocycles. The van der Waals surface area contributed by atoms with Crippen molar-refractivity contribution in [1.82, 2.24) is 0 Å². The van der Waals surface area contributed by atoms with Crippen LogP contribution in [0.3, 0.4) is 0 Å². The molecule has 4 nitrogen and oxygen atoms in total. The number of para-hydroxylation sites is 2. The van der Waals surface area contributed by atoms with Crippen LogP contribution in [0.4, 0.5) is 0 Å². The first kappa shape index (κ1) is 17.5. The molecule has 0 amide bonds. The fourth-order valence-electron chi connectivity index (χ4n) is 1.11. The molecular formula is C16H20O4. The predicted octanol–water partition coefficient (Wildman–Crippen LogP) is 3.48. The minimum atomic E-state index is -0.833. The van der Waals surface area contributed by atoms with Gasteiger partial charge >= 0.3 is 0 Å². The molecule has 2 aromatic carbocycles. The van der Waals surface area contributed by atoms with Crippen LogP contribution < -0.4 is 9.47 Å². The maximum absolute atomic E-state index is 9.00. The summed E-state index contributed by atoms with van der Waals surface area (Å²) >= 11 is 0. The van der Waals surface area contributed by atoms with E-state index in [0.717, 1.165) is 18.4 Å². The van der Waals surface area contributed by atoms with Crippen molar-refractivity contribution >= 4 is 5.97 Å². The fraction of sp³-hybridized carbons (Fsp3) is 0.188. The van der Waals surface area contributed by atoms with Crippen LogP contribution in [0.25, 0.3) is 0 Å². The van der Waals surface area contributed by atoms with E-state index in [1.54, 1.807) is 14.2 Å². The number of benzene rings is 2. The van der Waals surface area contributed by atoms with E-state index in [1.807, 2.05) is 60.7 Å². The lowest BCUT2D eigenvalue weighted by molar-refractivity contribution is -0.134. The average Bonchev–Trinajstić information content (AvgIpc) is 2.49. The van der Waals surface area contributed by atoms with Gasteiger partial charge in [-0.05, 0) is 24.3 Å². The quantitative estimate of drug-likeness (QED) is 0.912. The highest BCUT2D eigenvalue weighted by atomic mass is 16.5. The van der Waals surface area contributed by atoms with Crippen LogP contribution in [0.5, 0.6) is 11.5 Å². The third-order valence-electron chi connectivity index (χ3n) is 1.96. The first-order valence-electron chi connectivity index (χ1n) is 5.97. The van der Waals surface area contributed by atoms with Crippen LogP contribution in [0.15, 0.2) is 60.7 Å².